The first-order valence-corrected chi connectivity index (χ1v) is 7.47. The van der Waals surface area contributed by atoms with E-state index < -0.39 is 0 Å². The fraction of sp³-hybridized carbons (Fsp3) is 0.625. The first-order valence-electron chi connectivity index (χ1n) is 7.47. The zero-order valence-corrected chi connectivity index (χ0v) is 11.8. The van der Waals surface area contributed by atoms with Gasteiger partial charge >= 0.3 is 0 Å². The Morgan fingerprint density at radius 2 is 2.21 bits per heavy atom. The molecule has 0 bridgehead atoms. The number of hydrogen-bond donors (Lipinski definition) is 0. The van der Waals surface area contributed by atoms with Gasteiger partial charge in [-0.25, -0.2) is 0 Å². The summed E-state index contributed by atoms with van der Waals surface area (Å²) in [5.74, 6) is 1.000. The van der Waals surface area contributed by atoms with Crippen LogP contribution in [0.5, 0.6) is 5.75 Å². The lowest BCUT2D eigenvalue weighted by Crippen LogP contribution is -2.50. The van der Waals surface area contributed by atoms with Crippen molar-refractivity contribution in [2.75, 3.05) is 39.3 Å². The molecule has 0 N–H and O–H groups in total. The third-order valence-electron chi connectivity index (χ3n) is 4.34. The molecule has 2 aliphatic rings. The molecule has 2 saturated heterocycles. The van der Waals surface area contributed by atoms with Crippen molar-refractivity contribution >= 4 is 0 Å². The smallest absolute Gasteiger partial charge is 0.119 e. The maximum absolute atomic E-state index is 5.85. The molecular formula is C16H24N2O. The minimum Gasteiger partial charge on any atom is -0.492 e. The maximum Gasteiger partial charge on any atom is 0.119 e. The molecule has 0 amide bonds. The van der Waals surface area contributed by atoms with Crippen LogP contribution in [0.1, 0.15) is 18.4 Å². The van der Waals surface area contributed by atoms with Crippen LogP contribution in [0.3, 0.4) is 0 Å². The van der Waals surface area contributed by atoms with E-state index in [2.05, 4.69) is 34.9 Å². The molecule has 0 spiro atoms. The van der Waals surface area contributed by atoms with E-state index in [1.165, 1.54) is 44.6 Å². The van der Waals surface area contributed by atoms with E-state index in [4.69, 9.17) is 4.74 Å². The Bertz CT molecular complexity index is 421. The van der Waals surface area contributed by atoms with Gasteiger partial charge in [-0.05, 0) is 44.0 Å². The number of fused-ring (bicyclic) bond motifs is 1. The van der Waals surface area contributed by atoms with Crippen molar-refractivity contribution in [1.29, 1.82) is 0 Å². The van der Waals surface area contributed by atoms with E-state index in [-0.39, 0.29) is 0 Å². The standard InChI is InChI=1S/C16H24N2O/c1-14-4-2-6-16(12-14)19-11-10-17-8-9-18-7-3-5-15(18)13-17/h2,4,6,12,15H,3,5,7-11,13H2,1H3. The summed E-state index contributed by atoms with van der Waals surface area (Å²) in [5.41, 5.74) is 1.26. The van der Waals surface area contributed by atoms with Gasteiger partial charge in [0.25, 0.3) is 0 Å². The summed E-state index contributed by atoms with van der Waals surface area (Å²) in [4.78, 5) is 5.21. The summed E-state index contributed by atoms with van der Waals surface area (Å²) in [6.45, 7) is 8.96. The van der Waals surface area contributed by atoms with Crippen LogP contribution in [0.15, 0.2) is 24.3 Å². The van der Waals surface area contributed by atoms with Crippen LogP contribution >= 0.6 is 0 Å². The van der Waals surface area contributed by atoms with E-state index in [0.29, 0.717) is 0 Å². The predicted molar refractivity (Wildman–Crippen MR) is 77.7 cm³/mol. The third-order valence-corrected chi connectivity index (χ3v) is 4.34. The number of nitrogens with zero attached hydrogens (tertiary/aromatic N) is 2. The van der Waals surface area contributed by atoms with E-state index in [1.54, 1.807) is 0 Å². The summed E-state index contributed by atoms with van der Waals surface area (Å²) in [5, 5.41) is 0. The Morgan fingerprint density at radius 3 is 3.11 bits per heavy atom. The molecule has 0 aromatic heterocycles. The quantitative estimate of drug-likeness (QED) is 0.825. The molecule has 2 aliphatic heterocycles. The fourth-order valence-corrected chi connectivity index (χ4v) is 3.26. The van der Waals surface area contributed by atoms with Crippen molar-refractivity contribution in [2.45, 2.75) is 25.8 Å². The summed E-state index contributed by atoms with van der Waals surface area (Å²) in [6, 6.07) is 9.12. The van der Waals surface area contributed by atoms with E-state index in [9.17, 15) is 0 Å². The molecule has 1 unspecified atom stereocenters. The van der Waals surface area contributed by atoms with Gasteiger partial charge in [-0.15, -0.1) is 0 Å². The second-order valence-corrected chi connectivity index (χ2v) is 5.80. The van der Waals surface area contributed by atoms with Crippen LogP contribution in [-0.4, -0.2) is 55.2 Å². The van der Waals surface area contributed by atoms with E-state index in [1.807, 2.05) is 6.07 Å². The molecule has 1 atom stereocenters. The highest BCUT2D eigenvalue weighted by molar-refractivity contribution is 5.27. The van der Waals surface area contributed by atoms with Gasteiger partial charge in [0.05, 0.1) is 0 Å². The predicted octanol–water partition coefficient (Wildman–Crippen LogP) is 2.15. The van der Waals surface area contributed by atoms with Gasteiger partial charge in [0.1, 0.15) is 12.4 Å². The van der Waals surface area contributed by atoms with Gasteiger partial charge in [0.2, 0.25) is 0 Å². The topological polar surface area (TPSA) is 15.7 Å². The second-order valence-electron chi connectivity index (χ2n) is 5.80. The molecule has 0 aliphatic carbocycles. The highest BCUT2D eigenvalue weighted by Gasteiger charge is 2.30. The number of hydrogen-bond acceptors (Lipinski definition) is 3. The van der Waals surface area contributed by atoms with Gasteiger partial charge in [-0.3, -0.25) is 9.80 Å². The minimum atomic E-state index is 0.802. The Kier molecular flexibility index (Phi) is 4.04. The van der Waals surface area contributed by atoms with Crippen molar-refractivity contribution in [3.8, 4) is 5.75 Å². The van der Waals surface area contributed by atoms with E-state index in [0.717, 1.165) is 24.9 Å². The molecular weight excluding hydrogens is 236 g/mol. The maximum atomic E-state index is 5.85. The van der Waals surface area contributed by atoms with Crippen LogP contribution < -0.4 is 4.74 Å². The van der Waals surface area contributed by atoms with Crippen LogP contribution in [0.25, 0.3) is 0 Å². The lowest BCUT2D eigenvalue weighted by atomic mass is 10.1. The lowest BCUT2D eigenvalue weighted by molar-refractivity contribution is 0.0923. The molecule has 3 heteroatoms. The molecule has 0 saturated carbocycles. The molecule has 2 fully saturated rings. The molecule has 0 radical (unpaired) electrons. The van der Waals surface area contributed by atoms with Crippen LogP contribution in [0, 0.1) is 6.92 Å². The molecule has 2 heterocycles. The first-order chi connectivity index (χ1) is 9.31. The summed E-state index contributed by atoms with van der Waals surface area (Å²) in [6.07, 6.45) is 2.77. The van der Waals surface area contributed by atoms with Crippen LogP contribution in [0.2, 0.25) is 0 Å². The summed E-state index contributed by atoms with van der Waals surface area (Å²) in [7, 11) is 0. The zero-order valence-electron chi connectivity index (χ0n) is 11.8. The molecule has 3 rings (SSSR count). The number of ether oxygens (including phenoxy) is 1. The summed E-state index contributed by atoms with van der Waals surface area (Å²) >= 11 is 0. The Balaban J connectivity index is 1.43. The SMILES string of the molecule is Cc1cccc(OCCN2CCN3CCCC3C2)c1. The van der Waals surface area contributed by atoms with Gasteiger partial charge in [0.15, 0.2) is 0 Å². The molecule has 1 aromatic carbocycles. The first kappa shape index (κ1) is 12.9. The number of rotatable bonds is 4. The van der Waals surface area contributed by atoms with Gasteiger partial charge in [-0.1, -0.05) is 12.1 Å². The highest BCUT2D eigenvalue weighted by Crippen LogP contribution is 2.21. The van der Waals surface area contributed by atoms with Crippen molar-refractivity contribution in [3.63, 3.8) is 0 Å². The lowest BCUT2D eigenvalue weighted by Gasteiger charge is -2.37. The van der Waals surface area contributed by atoms with Gasteiger partial charge in [0, 0.05) is 32.2 Å². The Hall–Kier alpha value is -1.06. The zero-order chi connectivity index (χ0) is 13.1. The monoisotopic (exact) mass is 260 g/mol. The van der Waals surface area contributed by atoms with Crippen molar-refractivity contribution in [3.05, 3.63) is 29.8 Å². The normalized spacial score (nSPS) is 24.4. The third kappa shape index (κ3) is 3.28. The highest BCUT2D eigenvalue weighted by atomic mass is 16.5. The van der Waals surface area contributed by atoms with Crippen LogP contribution in [-0.2, 0) is 0 Å². The Labute approximate surface area is 116 Å². The van der Waals surface area contributed by atoms with Gasteiger partial charge in [-0.2, -0.15) is 0 Å². The number of aryl methyl sites for hydroxylation is 1. The Morgan fingerprint density at radius 1 is 1.26 bits per heavy atom. The largest absolute Gasteiger partial charge is 0.492 e. The van der Waals surface area contributed by atoms with Crippen LogP contribution in [0.4, 0.5) is 0 Å². The summed E-state index contributed by atoms with van der Waals surface area (Å²) < 4.78 is 5.85. The fourth-order valence-electron chi connectivity index (χ4n) is 3.26. The van der Waals surface area contributed by atoms with Crippen molar-refractivity contribution in [1.82, 2.24) is 9.80 Å². The number of piperazine rings is 1. The van der Waals surface area contributed by atoms with E-state index >= 15 is 0 Å². The molecule has 104 valence electrons. The molecule has 1 aromatic rings. The van der Waals surface area contributed by atoms with Gasteiger partial charge < -0.3 is 4.74 Å². The molecule has 19 heavy (non-hydrogen) atoms. The minimum absolute atomic E-state index is 0.802. The molecule has 3 nitrogen and oxygen atoms in total. The van der Waals surface area contributed by atoms with Crippen molar-refractivity contribution in [2.24, 2.45) is 0 Å². The average Bonchev–Trinajstić information content (AvgIpc) is 2.86. The second kappa shape index (κ2) is 5.93. The number of benzene rings is 1. The van der Waals surface area contributed by atoms with Crippen molar-refractivity contribution < 1.29 is 4.74 Å². The average molecular weight is 260 g/mol.